The van der Waals surface area contributed by atoms with E-state index in [0.717, 1.165) is 5.69 Å². The topological polar surface area (TPSA) is 101 Å². The minimum absolute atomic E-state index is 0.0579. The molecule has 0 amide bonds. The zero-order valence-corrected chi connectivity index (χ0v) is 17.2. The van der Waals surface area contributed by atoms with Crippen molar-refractivity contribution in [2.24, 2.45) is 0 Å². The van der Waals surface area contributed by atoms with Crippen LogP contribution in [-0.4, -0.2) is 40.5 Å². The molecule has 30 heavy (non-hydrogen) atoms. The van der Waals surface area contributed by atoms with Crippen LogP contribution in [0.5, 0.6) is 5.75 Å². The van der Waals surface area contributed by atoms with Crippen molar-refractivity contribution < 1.29 is 28.4 Å². The summed E-state index contributed by atoms with van der Waals surface area (Å²) < 4.78 is 17.3. The summed E-state index contributed by atoms with van der Waals surface area (Å²) in [4.78, 5) is 35.7. The normalized spacial score (nSPS) is 10.7. The van der Waals surface area contributed by atoms with E-state index in [9.17, 15) is 14.4 Å². The Morgan fingerprint density at radius 1 is 1.03 bits per heavy atom. The molecule has 0 aliphatic rings. The highest BCUT2D eigenvalue weighted by molar-refractivity contribution is 5.99. The molecule has 2 aromatic heterocycles. The van der Waals surface area contributed by atoms with E-state index < -0.39 is 12.6 Å². The van der Waals surface area contributed by atoms with Gasteiger partial charge in [-0.15, -0.1) is 0 Å². The van der Waals surface area contributed by atoms with Crippen LogP contribution >= 0.6 is 0 Å². The quantitative estimate of drug-likeness (QED) is 0.414. The lowest BCUT2D eigenvalue weighted by atomic mass is 10.1. The number of aromatic nitrogens is 2. The SMILES string of the molecule is CC(=O)c1ccc(OCC(=O)OCC(=O)c2cc(C)n(-c3cc(C)on3)c2C)cc1. The number of ketones is 2. The molecule has 0 radical (unpaired) electrons. The number of benzene rings is 1. The highest BCUT2D eigenvalue weighted by atomic mass is 16.6. The van der Waals surface area contributed by atoms with E-state index in [2.05, 4.69) is 5.16 Å². The first-order chi connectivity index (χ1) is 14.3. The van der Waals surface area contributed by atoms with Crippen molar-refractivity contribution >= 4 is 17.5 Å². The number of aryl methyl sites for hydroxylation is 2. The lowest BCUT2D eigenvalue weighted by Crippen LogP contribution is -2.19. The molecule has 3 aromatic rings. The lowest BCUT2D eigenvalue weighted by Gasteiger charge is -2.08. The van der Waals surface area contributed by atoms with Gasteiger partial charge in [-0.05, 0) is 58.0 Å². The van der Waals surface area contributed by atoms with E-state index in [-0.39, 0.29) is 18.2 Å². The van der Waals surface area contributed by atoms with Gasteiger partial charge in [-0.1, -0.05) is 5.16 Å². The Balaban J connectivity index is 1.56. The van der Waals surface area contributed by atoms with Crippen molar-refractivity contribution in [3.8, 4) is 11.6 Å². The second-order valence-electron chi connectivity index (χ2n) is 6.87. The fourth-order valence-corrected chi connectivity index (χ4v) is 3.05. The minimum atomic E-state index is -0.667. The number of hydrogen-bond acceptors (Lipinski definition) is 7. The van der Waals surface area contributed by atoms with Crippen molar-refractivity contribution in [2.45, 2.75) is 27.7 Å². The van der Waals surface area contributed by atoms with Crippen LogP contribution in [0.4, 0.5) is 0 Å². The summed E-state index contributed by atoms with van der Waals surface area (Å²) in [7, 11) is 0. The molecule has 1 aromatic carbocycles. The van der Waals surface area contributed by atoms with Crippen molar-refractivity contribution in [1.82, 2.24) is 9.72 Å². The molecule has 0 aliphatic carbocycles. The number of carbonyl (C=O) groups excluding carboxylic acids is 3. The van der Waals surface area contributed by atoms with E-state index >= 15 is 0 Å². The van der Waals surface area contributed by atoms with E-state index in [1.54, 1.807) is 54.8 Å². The third-order valence-corrected chi connectivity index (χ3v) is 4.56. The van der Waals surface area contributed by atoms with Crippen LogP contribution in [-0.2, 0) is 9.53 Å². The van der Waals surface area contributed by atoms with Gasteiger partial charge in [0.2, 0.25) is 5.78 Å². The molecule has 0 atom stereocenters. The minimum Gasteiger partial charge on any atom is -0.482 e. The summed E-state index contributed by atoms with van der Waals surface area (Å²) >= 11 is 0. The molecule has 0 unspecified atom stereocenters. The first kappa shape index (κ1) is 21.0. The highest BCUT2D eigenvalue weighted by Gasteiger charge is 2.19. The molecule has 0 fully saturated rings. The molecule has 0 aliphatic heterocycles. The molecule has 0 spiro atoms. The first-order valence-corrected chi connectivity index (χ1v) is 9.31. The Bertz CT molecular complexity index is 1090. The molecule has 8 nitrogen and oxygen atoms in total. The highest BCUT2D eigenvalue weighted by Crippen LogP contribution is 2.21. The maximum Gasteiger partial charge on any atom is 0.344 e. The number of esters is 1. The third-order valence-electron chi connectivity index (χ3n) is 4.56. The second kappa shape index (κ2) is 8.77. The van der Waals surface area contributed by atoms with Gasteiger partial charge in [-0.3, -0.25) is 14.2 Å². The molecular formula is C22H22N2O6. The van der Waals surface area contributed by atoms with Crippen LogP contribution in [0.2, 0.25) is 0 Å². The summed E-state index contributed by atoms with van der Waals surface area (Å²) in [6.07, 6.45) is 0. The summed E-state index contributed by atoms with van der Waals surface area (Å²) in [6.45, 7) is 6.16. The van der Waals surface area contributed by atoms with E-state index in [0.29, 0.717) is 34.1 Å². The van der Waals surface area contributed by atoms with E-state index in [1.807, 2.05) is 6.92 Å². The molecule has 8 heteroatoms. The standard InChI is InChI=1S/C22H22N2O6/c1-13-9-19(15(3)24(13)21-10-14(2)30-23-21)20(26)11-29-22(27)12-28-18-7-5-17(6-8-18)16(4)25/h5-10H,11-12H2,1-4H3. The van der Waals surface area contributed by atoms with Crippen LogP contribution < -0.4 is 4.74 Å². The van der Waals surface area contributed by atoms with Crippen LogP contribution in [0.15, 0.2) is 40.9 Å². The Hall–Kier alpha value is -3.68. The van der Waals surface area contributed by atoms with Gasteiger partial charge < -0.3 is 14.0 Å². The van der Waals surface area contributed by atoms with Gasteiger partial charge >= 0.3 is 5.97 Å². The predicted molar refractivity (Wildman–Crippen MR) is 107 cm³/mol. The largest absolute Gasteiger partial charge is 0.482 e. The number of hydrogen-bond donors (Lipinski definition) is 0. The number of carbonyl (C=O) groups is 3. The van der Waals surface area contributed by atoms with Crippen molar-refractivity contribution in [2.75, 3.05) is 13.2 Å². The number of ether oxygens (including phenoxy) is 2. The smallest absolute Gasteiger partial charge is 0.344 e. The zero-order chi connectivity index (χ0) is 21.8. The van der Waals surface area contributed by atoms with E-state index in [4.69, 9.17) is 14.0 Å². The molecule has 0 saturated carbocycles. The summed E-state index contributed by atoms with van der Waals surface area (Å²) in [5.74, 6) is 0.624. The molecule has 0 bridgehead atoms. The summed E-state index contributed by atoms with van der Waals surface area (Å²) in [5, 5.41) is 3.98. The van der Waals surface area contributed by atoms with Crippen molar-refractivity contribution in [3.05, 3.63) is 64.7 Å². The fourth-order valence-electron chi connectivity index (χ4n) is 3.05. The lowest BCUT2D eigenvalue weighted by molar-refractivity contribution is -0.144. The second-order valence-corrected chi connectivity index (χ2v) is 6.87. The molecule has 0 saturated heterocycles. The van der Waals surface area contributed by atoms with E-state index in [1.165, 1.54) is 6.92 Å². The van der Waals surface area contributed by atoms with Gasteiger partial charge in [0.15, 0.2) is 24.8 Å². The number of rotatable bonds is 8. The van der Waals surface area contributed by atoms with Crippen LogP contribution in [0.25, 0.3) is 5.82 Å². The fraction of sp³-hybridized carbons (Fsp3) is 0.273. The van der Waals surface area contributed by atoms with Crippen LogP contribution in [0.3, 0.4) is 0 Å². The molecule has 0 N–H and O–H groups in total. The molecule has 156 valence electrons. The van der Waals surface area contributed by atoms with Gasteiger partial charge in [0.05, 0.1) is 0 Å². The van der Waals surface area contributed by atoms with Gasteiger partial charge in [-0.25, -0.2) is 4.79 Å². The predicted octanol–water partition coefficient (Wildman–Crippen LogP) is 3.40. The zero-order valence-electron chi connectivity index (χ0n) is 17.2. The average Bonchev–Trinajstić information content (AvgIpc) is 3.26. The first-order valence-electron chi connectivity index (χ1n) is 9.31. The van der Waals surface area contributed by atoms with Crippen LogP contribution in [0, 0.1) is 20.8 Å². The summed E-state index contributed by atoms with van der Waals surface area (Å²) in [6, 6.07) is 9.90. The molecular weight excluding hydrogens is 388 g/mol. The maximum atomic E-state index is 12.5. The average molecular weight is 410 g/mol. The molecule has 2 heterocycles. The molecule has 3 rings (SSSR count). The monoisotopic (exact) mass is 410 g/mol. The Morgan fingerprint density at radius 2 is 1.73 bits per heavy atom. The Morgan fingerprint density at radius 3 is 2.33 bits per heavy atom. The Kier molecular flexibility index (Phi) is 6.15. The third kappa shape index (κ3) is 4.65. The Labute approximate surface area is 173 Å². The van der Waals surface area contributed by atoms with Gasteiger partial charge in [0.1, 0.15) is 11.5 Å². The number of nitrogens with zero attached hydrogens (tertiary/aromatic N) is 2. The summed E-state index contributed by atoms with van der Waals surface area (Å²) in [5.41, 5.74) is 2.49. The van der Waals surface area contributed by atoms with Crippen molar-refractivity contribution in [3.63, 3.8) is 0 Å². The number of Topliss-reactive ketones (excluding diaryl/α,β-unsaturated/α-hetero) is 2. The van der Waals surface area contributed by atoms with Gasteiger partial charge in [0.25, 0.3) is 0 Å². The van der Waals surface area contributed by atoms with Crippen molar-refractivity contribution in [1.29, 1.82) is 0 Å². The van der Waals surface area contributed by atoms with Crippen LogP contribution in [0.1, 0.15) is 44.8 Å². The van der Waals surface area contributed by atoms with Gasteiger partial charge in [-0.2, -0.15) is 0 Å². The van der Waals surface area contributed by atoms with Gasteiger partial charge in [0, 0.05) is 28.6 Å². The maximum absolute atomic E-state index is 12.5.